The predicted molar refractivity (Wildman–Crippen MR) is 96.0 cm³/mol. The number of benzene rings is 2. The van der Waals surface area contributed by atoms with E-state index in [1.165, 1.54) is 17.7 Å². The van der Waals surface area contributed by atoms with Crippen molar-refractivity contribution in [1.82, 2.24) is 4.90 Å². The molecule has 0 spiro atoms. The number of hydrogen-bond acceptors (Lipinski definition) is 4. The lowest BCUT2D eigenvalue weighted by Gasteiger charge is -2.30. The van der Waals surface area contributed by atoms with Crippen molar-refractivity contribution in [2.24, 2.45) is 5.73 Å². The second-order valence-corrected chi connectivity index (χ2v) is 6.71. The number of rotatable bonds is 6. The van der Waals surface area contributed by atoms with Crippen molar-refractivity contribution in [3.05, 3.63) is 66.0 Å². The summed E-state index contributed by atoms with van der Waals surface area (Å²) in [4.78, 5) is 2.11. The van der Waals surface area contributed by atoms with E-state index in [1.54, 1.807) is 12.1 Å². The highest BCUT2D eigenvalue weighted by atomic mass is 19.1. The Bertz CT molecular complexity index is 665. The number of aliphatic hydroxyl groups is 1. The molecule has 3 N–H and O–H groups in total. The number of halogens is 1. The number of likely N-dealkylation sites (N-methyl/N-ethyl adjacent to an activating group) is 1. The molecule has 134 valence electrons. The normalized spacial score (nSPS) is 26.1. The van der Waals surface area contributed by atoms with Gasteiger partial charge in [0.05, 0.1) is 6.04 Å². The van der Waals surface area contributed by atoms with E-state index in [1.807, 2.05) is 25.2 Å². The van der Waals surface area contributed by atoms with Crippen LogP contribution in [0.15, 0.2) is 54.6 Å². The SMILES string of the molecule is CN(CCc1ccccc1)[C@@H]1[C@@H](O)[C@H](Oc2ccc(F)cc2)C[C@H]1N. The molecule has 0 bridgehead atoms. The van der Waals surface area contributed by atoms with E-state index in [0.717, 1.165) is 13.0 Å². The second-order valence-electron chi connectivity index (χ2n) is 6.71. The summed E-state index contributed by atoms with van der Waals surface area (Å²) in [6.45, 7) is 0.808. The van der Waals surface area contributed by atoms with Gasteiger partial charge in [-0.3, -0.25) is 4.90 Å². The molecule has 2 aromatic rings. The third kappa shape index (κ3) is 4.37. The number of nitrogens with zero attached hydrogens (tertiary/aromatic N) is 1. The minimum atomic E-state index is -0.680. The van der Waals surface area contributed by atoms with E-state index in [-0.39, 0.29) is 24.0 Å². The zero-order valence-corrected chi connectivity index (χ0v) is 14.4. The molecular weight excluding hydrogens is 319 g/mol. The van der Waals surface area contributed by atoms with Gasteiger partial charge in [0.25, 0.3) is 0 Å². The molecule has 0 aliphatic heterocycles. The van der Waals surface area contributed by atoms with Crippen LogP contribution in [0.3, 0.4) is 0 Å². The Morgan fingerprint density at radius 1 is 1.16 bits per heavy atom. The van der Waals surface area contributed by atoms with Gasteiger partial charge in [-0.15, -0.1) is 0 Å². The van der Waals surface area contributed by atoms with E-state index in [4.69, 9.17) is 10.5 Å². The predicted octanol–water partition coefficient (Wildman–Crippen LogP) is 2.21. The summed E-state index contributed by atoms with van der Waals surface area (Å²) in [5.74, 6) is 0.236. The molecular formula is C20H25FN2O2. The Balaban J connectivity index is 1.59. The fraction of sp³-hybridized carbons (Fsp3) is 0.400. The Morgan fingerprint density at radius 3 is 2.52 bits per heavy atom. The molecule has 4 nitrogen and oxygen atoms in total. The zero-order chi connectivity index (χ0) is 17.8. The molecule has 3 rings (SSSR count). The second kappa shape index (κ2) is 7.95. The molecule has 1 aliphatic rings. The monoisotopic (exact) mass is 344 g/mol. The smallest absolute Gasteiger partial charge is 0.128 e. The first-order valence-electron chi connectivity index (χ1n) is 8.64. The van der Waals surface area contributed by atoms with Gasteiger partial charge in [-0.05, 0) is 43.3 Å². The third-order valence-electron chi connectivity index (χ3n) is 4.88. The van der Waals surface area contributed by atoms with Crippen LogP contribution in [0, 0.1) is 5.82 Å². The van der Waals surface area contributed by atoms with Crippen molar-refractivity contribution in [2.45, 2.75) is 37.1 Å². The first-order chi connectivity index (χ1) is 12.0. The van der Waals surface area contributed by atoms with Gasteiger partial charge in [-0.1, -0.05) is 30.3 Å². The Hall–Kier alpha value is -1.95. The lowest BCUT2D eigenvalue weighted by Crippen LogP contribution is -2.49. The molecule has 1 saturated carbocycles. The number of hydrogen-bond donors (Lipinski definition) is 2. The van der Waals surface area contributed by atoms with Gasteiger partial charge in [-0.25, -0.2) is 4.39 Å². The molecule has 5 heteroatoms. The maximum absolute atomic E-state index is 13.0. The maximum Gasteiger partial charge on any atom is 0.128 e. The Kier molecular flexibility index (Phi) is 5.68. The van der Waals surface area contributed by atoms with Crippen LogP contribution < -0.4 is 10.5 Å². The van der Waals surface area contributed by atoms with E-state index < -0.39 is 6.10 Å². The van der Waals surface area contributed by atoms with E-state index in [2.05, 4.69) is 17.0 Å². The van der Waals surface area contributed by atoms with Crippen molar-refractivity contribution in [3.8, 4) is 5.75 Å². The highest BCUT2D eigenvalue weighted by Gasteiger charge is 2.44. The fourth-order valence-corrected chi connectivity index (χ4v) is 3.51. The summed E-state index contributed by atoms with van der Waals surface area (Å²) >= 11 is 0. The minimum absolute atomic E-state index is 0.158. The topological polar surface area (TPSA) is 58.7 Å². The van der Waals surface area contributed by atoms with Crippen LogP contribution in [0.4, 0.5) is 4.39 Å². The van der Waals surface area contributed by atoms with Gasteiger partial charge in [0, 0.05) is 19.0 Å². The van der Waals surface area contributed by atoms with Crippen LogP contribution in [-0.4, -0.2) is 47.9 Å². The van der Waals surface area contributed by atoms with Crippen LogP contribution in [0.5, 0.6) is 5.75 Å². The Morgan fingerprint density at radius 2 is 1.84 bits per heavy atom. The molecule has 1 aliphatic carbocycles. The number of nitrogens with two attached hydrogens (primary N) is 1. The molecule has 0 amide bonds. The quantitative estimate of drug-likeness (QED) is 0.844. The van der Waals surface area contributed by atoms with E-state index >= 15 is 0 Å². The van der Waals surface area contributed by atoms with Gasteiger partial charge in [0.2, 0.25) is 0 Å². The summed E-state index contributed by atoms with van der Waals surface area (Å²) in [6.07, 6.45) is 0.404. The summed E-state index contributed by atoms with van der Waals surface area (Å²) in [5.41, 5.74) is 7.52. The molecule has 4 atom stereocenters. The molecule has 0 heterocycles. The van der Waals surface area contributed by atoms with Crippen LogP contribution in [0.1, 0.15) is 12.0 Å². The van der Waals surface area contributed by atoms with Gasteiger partial charge in [-0.2, -0.15) is 0 Å². The molecule has 0 radical (unpaired) electrons. The lowest BCUT2D eigenvalue weighted by molar-refractivity contribution is 0.0160. The van der Waals surface area contributed by atoms with Crippen LogP contribution in [0.2, 0.25) is 0 Å². The van der Waals surface area contributed by atoms with Crippen molar-refractivity contribution < 1.29 is 14.2 Å². The van der Waals surface area contributed by atoms with Gasteiger partial charge in [0.15, 0.2) is 0 Å². The lowest BCUT2D eigenvalue weighted by atomic mass is 10.1. The summed E-state index contributed by atoms with van der Waals surface area (Å²) < 4.78 is 18.8. The molecule has 2 aromatic carbocycles. The zero-order valence-electron chi connectivity index (χ0n) is 14.4. The maximum atomic E-state index is 13.0. The Labute approximate surface area is 148 Å². The average Bonchev–Trinajstić information content (AvgIpc) is 2.89. The molecule has 0 saturated heterocycles. The van der Waals surface area contributed by atoms with Gasteiger partial charge >= 0.3 is 0 Å². The number of ether oxygens (including phenoxy) is 1. The van der Waals surface area contributed by atoms with Crippen molar-refractivity contribution in [1.29, 1.82) is 0 Å². The largest absolute Gasteiger partial charge is 0.488 e. The van der Waals surface area contributed by atoms with Crippen LogP contribution >= 0.6 is 0 Å². The minimum Gasteiger partial charge on any atom is -0.488 e. The third-order valence-corrected chi connectivity index (χ3v) is 4.88. The molecule has 1 fully saturated rings. The van der Waals surface area contributed by atoms with Crippen molar-refractivity contribution in [2.75, 3.05) is 13.6 Å². The van der Waals surface area contributed by atoms with E-state index in [9.17, 15) is 9.50 Å². The fourth-order valence-electron chi connectivity index (χ4n) is 3.51. The molecule has 0 unspecified atom stereocenters. The number of aliphatic hydroxyl groups excluding tert-OH is 1. The standard InChI is InChI=1S/C20H25FN2O2/c1-23(12-11-14-5-3-2-4-6-14)19-17(22)13-18(20(19)24)25-16-9-7-15(21)8-10-16/h2-10,17-20,24H,11-13,22H2,1H3/t17-,18-,19+,20+/m1/s1. The van der Waals surface area contributed by atoms with Crippen LogP contribution in [-0.2, 0) is 6.42 Å². The first kappa shape index (κ1) is 17.9. The van der Waals surface area contributed by atoms with Gasteiger partial charge < -0.3 is 15.6 Å². The first-order valence-corrected chi connectivity index (χ1v) is 8.64. The highest BCUT2D eigenvalue weighted by Crippen LogP contribution is 2.28. The average molecular weight is 344 g/mol. The molecule has 0 aromatic heterocycles. The summed E-state index contributed by atoms with van der Waals surface area (Å²) in [5, 5.41) is 10.7. The van der Waals surface area contributed by atoms with Crippen LogP contribution in [0.25, 0.3) is 0 Å². The van der Waals surface area contributed by atoms with E-state index in [0.29, 0.717) is 12.2 Å². The van der Waals surface area contributed by atoms with Crippen molar-refractivity contribution >= 4 is 0 Å². The highest BCUT2D eigenvalue weighted by molar-refractivity contribution is 5.23. The summed E-state index contributed by atoms with van der Waals surface area (Å²) in [7, 11) is 1.98. The van der Waals surface area contributed by atoms with Crippen molar-refractivity contribution in [3.63, 3.8) is 0 Å². The molecule has 25 heavy (non-hydrogen) atoms. The van der Waals surface area contributed by atoms with Gasteiger partial charge in [0.1, 0.15) is 23.8 Å². The summed E-state index contributed by atoms with van der Waals surface area (Å²) in [6, 6.07) is 15.8.